The Morgan fingerprint density at radius 2 is 0.405 bits per heavy atom. The van der Waals surface area contributed by atoms with E-state index >= 15 is 0 Å². The zero-order valence-electron chi connectivity index (χ0n) is 63.2. The van der Waals surface area contributed by atoms with Gasteiger partial charge in [-0.25, -0.2) is 0 Å². The van der Waals surface area contributed by atoms with Crippen LogP contribution in [0.5, 0.6) is 0 Å². The highest BCUT2D eigenvalue weighted by Crippen LogP contribution is 2.46. The minimum absolute atomic E-state index is 1.16. The maximum Gasteiger partial charge on any atom is 0.0547 e. The van der Waals surface area contributed by atoms with Crippen molar-refractivity contribution in [3.63, 3.8) is 0 Å². The summed E-state index contributed by atoms with van der Waals surface area (Å²) < 4.78 is 9.73. The van der Waals surface area contributed by atoms with Crippen molar-refractivity contribution >= 4 is 163 Å². The van der Waals surface area contributed by atoms with Gasteiger partial charge in [-0.3, -0.25) is 0 Å². The molecule has 0 N–H and O–H groups in total. The molecule has 0 saturated heterocycles. The summed E-state index contributed by atoms with van der Waals surface area (Å²) in [5, 5.41) is 27.9. The Balaban J connectivity index is 0.000000134. The molecule has 25 rings (SSSR count). The lowest BCUT2D eigenvalue weighted by Crippen LogP contribution is -1.97. The van der Waals surface area contributed by atoms with Crippen molar-refractivity contribution in [2.45, 2.75) is 0 Å². The second kappa shape index (κ2) is 26.1. The van der Waals surface area contributed by atoms with Crippen LogP contribution < -0.4 is 0 Å². The van der Waals surface area contributed by atoms with Gasteiger partial charge in [-0.15, -0.1) is 0 Å². The minimum atomic E-state index is 1.16. The number of nitrogens with zero attached hydrogens (tertiary/aromatic N) is 4. The van der Waals surface area contributed by atoms with Gasteiger partial charge in [-0.05, 0) is 224 Å². The van der Waals surface area contributed by atoms with E-state index in [1.807, 2.05) is 0 Å². The lowest BCUT2D eigenvalue weighted by atomic mass is 9.92. The number of hydrogen-bond acceptors (Lipinski definition) is 0. The van der Waals surface area contributed by atoms with E-state index in [4.69, 9.17) is 0 Å². The average molecular weight is 1470 g/mol. The standard InChI is InChI=1S/C58H36N2.C54H34N2/c1-2-12-37(13-3-1)38-24-29-44(30-25-38)59-52-20-10-8-18-47(52)50-34-41(27-32-54(50)59)42-28-33-55-51(35-42)48-19-9-11-21-53(48)60(55)56-36-43-23-22-39-14-4-6-16-45(39)57(43)58-46-17-7-5-15-40(46)26-31-49(56)58;1-2-10-35(11-3-1)36-18-24-41(25-19-36)55-51-16-8-6-14-47(51)49-33-38(22-30-53(49)55)39-23-31-54-50(34-39)48-15-7-9-17-52(48)56(54)42-26-29-44-40(32-42)21-28-45-43-13-5-4-12-37(43)20-27-46(44)45/h1-36H;1-34H. The van der Waals surface area contributed by atoms with Gasteiger partial charge in [-0.2, -0.15) is 0 Å². The molecule has 0 unspecified atom stereocenters. The molecule has 0 spiro atoms. The zero-order chi connectivity index (χ0) is 76.1. The Morgan fingerprint density at radius 3 is 0.862 bits per heavy atom. The molecule has 0 radical (unpaired) electrons. The number of rotatable bonds is 8. The van der Waals surface area contributed by atoms with Crippen LogP contribution in [0.3, 0.4) is 0 Å². The molecule has 25 aromatic rings. The summed E-state index contributed by atoms with van der Waals surface area (Å²) >= 11 is 0. The fourth-order valence-corrected chi connectivity index (χ4v) is 19.4. The van der Waals surface area contributed by atoms with Crippen molar-refractivity contribution in [3.8, 4) is 67.3 Å². The lowest BCUT2D eigenvalue weighted by molar-refractivity contribution is 1.18. The average Bonchev–Trinajstić information content (AvgIpc) is 1.18. The highest BCUT2D eigenvalue weighted by molar-refractivity contribution is 6.30. The van der Waals surface area contributed by atoms with Crippen LogP contribution >= 0.6 is 0 Å². The molecule has 4 heteroatoms. The molecule has 0 saturated carbocycles. The van der Waals surface area contributed by atoms with E-state index in [9.17, 15) is 0 Å². The fraction of sp³-hybridized carbons (Fsp3) is 0. The molecule has 0 aliphatic carbocycles. The van der Waals surface area contributed by atoms with Crippen LogP contribution in [0.15, 0.2) is 425 Å². The second-order valence-corrected chi connectivity index (χ2v) is 31.0. The molecule has 538 valence electrons. The molecule has 4 aromatic heterocycles. The van der Waals surface area contributed by atoms with Gasteiger partial charge in [0.05, 0.1) is 49.8 Å². The van der Waals surface area contributed by atoms with E-state index in [-0.39, 0.29) is 0 Å². The molecule has 0 amide bonds. The maximum absolute atomic E-state index is 2.50. The summed E-state index contributed by atoms with van der Waals surface area (Å²) in [7, 11) is 0. The Hall–Kier alpha value is -15.4. The van der Waals surface area contributed by atoms with Crippen molar-refractivity contribution < 1.29 is 0 Å². The summed E-state index contributed by atoms with van der Waals surface area (Å²) in [5.74, 6) is 0. The van der Waals surface area contributed by atoms with Crippen molar-refractivity contribution in [1.82, 2.24) is 18.3 Å². The van der Waals surface area contributed by atoms with E-state index in [0.717, 1.165) is 11.4 Å². The summed E-state index contributed by atoms with van der Waals surface area (Å²) in [5.41, 5.74) is 24.1. The SMILES string of the molecule is c1ccc(-c2ccc(-n3c4ccccc4c4cc(-c5ccc6c(c5)c5ccccc5n6-c5cc6ccc7ccccc7c6c6c5ccc5ccccc56)ccc43)cc2)cc1.c1ccc(-c2ccc(-n3c4ccccc4c4cc(-c5ccc6c(c5)c5ccccc5n6-c5ccc6c(ccc7c8ccccc8ccc67)c5)ccc43)cc2)cc1. The summed E-state index contributed by atoms with van der Waals surface area (Å²) in [6, 6.07) is 156. The molecule has 116 heavy (non-hydrogen) atoms. The quantitative estimate of drug-likeness (QED) is 0.135. The number of hydrogen-bond donors (Lipinski definition) is 0. The molecule has 0 fully saturated rings. The van der Waals surface area contributed by atoms with Crippen LogP contribution in [0.1, 0.15) is 0 Å². The van der Waals surface area contributed by atoms with Gasteiger partial charge in [0.15, 0.2) is 0 Å². The van der Waals surface area contributed by atoms with Crippen molar-refractivity contribution in [1.29, 1.82) is 0 Å². The van der Waals surface area contributed by atoms with Gasteiger partial charge in [0, 0.05) is 70.9 Å². The molecule has 0 bridgehead atoms. The van der Waals surface area contributed by atoms with Crippen LogP contribution in [0, 0.1) is 0 Å². The van der Waals surface area contributed by atoms with Gasteiger partial charge < -0.3 is 18.3 Å². The van der Waals surface area contributed by atoms with Gasteiger partial charge in [-0.1, -0.05) is 309 Å². The van der Waals surface area contributed by atoms with Gasteiger partial charge in [0.25, 0.3) is 0 Å². The van der Waals surface area contributed by atoms with E-state index in [1.54, 1.807) is 0 Å². The molecule has 0 aliphatic rings. The largest absolute Gasteiger partial charge is 0.309 e. The lowest BCUT2D eigenvalue weighted by Gasteiger charge is -2.17. The van der Waals surface area contributed by atoms with Crippen LogP contribution in [-0.4, -0.2) is 18.3 Å². The zero-order valence-corrected chi connectivity index (χ0v) is 63.2. The predicted molar refractivity (Wildman–Crippen MR) is 495 cm³/mol. The third-order valence-electron chi connectivity index (χ3n) is 24.8. The summed E-state index contributed by atoms with van der Waals surface area (Å²) in [6.45, 7) is 0. The molecule has 21 aromatic carbocycles. The van der Waals surface area contributed by atoms with Crippen LogP contribution in [-0.2, 0) is 0 Å². The fourth-order valence-electron chi connectivity index (χ4n) is 19.4. The van der Waals surface area contributed by atoms with Crippen LogP contribution in [0.2, 0.25) is 0 Å². The van der Waals surface area contributed by atoms with E-state index in [0.29, 0.717) is 0 Å². The van der Waals surface area contributed by atoms with Gasteiger partial charge in [0.2, 0.25) is 0 Å². The minimum Gasteiger partial charge on any atom is -0.309 e. The Labute approximate surface area is 668 Å². The van der Waals surface area contributed by atoms with Gasteiger partial charge >= 0.3 is 0 Å². The summed E-state index contributed by atoms with van der Waals surface area (Å²) in [6.07, 6.45) is 0. The summed E-state index contributed by atoms with van der Waals surface area (Å²) in [4.78, 5) is 0. The van der Waals surface area contributed by atoms with E-state index in [2.05, 4.69) is 443 Å². The number of para-hydroxylation sites is 4. The van der Waals surface area contributed by atoms with Crippen LogP contribution in [0.25, 0.3) is 230 Å². The molecule has 0 aliphatic heterocycles. The highest BCUT2D eigenvalue weighted by Gasteiger charge is 2.23. The third-order valence-corrected chi connectivity index (χ3v) is 24.8. The molecule has 4 heterocycles. The maximum atomic E-state index is 2.50. The van der Waals surface area contributed by atoms with E-state index < -0.39 is 0 Å². The first-order valence-corrected chi connectivity index (χ1v) is 40.1. The van der Waals surface area contributed by atoms with E-state index in [1.165, 1.54) is 219 Å². The second-order valence-electron chi connectivity index (χ2n) is 31.0. The molecular weight excluding hydrogens is 1400 g/mol. The first kappa shape index (κ1) is 65.4. The number of fused-ring (bicyclic) bond motifs is 24. The number of benzene rings is 21. The molecule has 0 atom stereocenters. The predicted octanol–water partition coefficient (Wildman–Crippen LogP) is 30.5. The third kappa shape index (κ3) is 10.3. The number of aromatic nitrogens is 4. The Kier molecular flexibility index (Phi) is 14.7. The van der Waals surface area contributed by atoms with Crippen LogP contribution in [0.4, 0.5) is 0 Å². The normalized spacial score (nSPS) is 12.0. The topological polar surface area (TPSA) is 19.7 Å². The Bertz CT molecular complexity index is 8360. The van der Waals surface area contributed by atoms with Crippen molar-refractivity contribution in [3.05, 3.63) is 425 Å². The van der Waals surface area contributed by atoms with Crippen molar-refractivity contribution in [2.24, 2.45) is 0 Å². The van der Waals surface area contributed by atoms with Crippen molar-refractivity contribution in [2.75, 3.05) is 0 Å². The highest BCUT2D eigenvalue weighted by atomic mass is 15.0. The molecular formula is C112H70N4. The monoisotopic (exact) mass is 1470 g/mol. The first-order chi connectivity index (χ1) is 57.5. The molecule has 4 nitrogen and oxygen atoms in total. The Morgan fingerprint density at radius 1 is 0.121 bits per heavy atom. The van der Waals surface area contributed by atoms with Gasteiger partial charge in [0.1, 0.15) is 0 Å². The first-order valence-electron chi connectivity index (χ1n) is 40.1. The smallest absolute Gasteiger partial charge is 0.0547 e.